The summed E-state index contributed by atoms with van der Waals surface area (Å²) in [6.45, 7) is 3.86. The third-order valence-electron chi connectivity index (χ3n) is 3.33. The van der Waals surface area contributed by atoms with Crippen LogP contribution in [0, 0.1) is 5.82 Å². The minimum atomic E-state index is -0.364. The van der Waals surface area contributed by atoms with Gasteiger partial charge in [-0.3, -0.25) is 0 Å². The van der Waals surface area contributed by atoms with E-state index < -0.39 is 0 Å². The van der Waals surface area contributed by atoms with E-state index in [2.05, 4.69) is 5.32 Å². The van der Waals surface area contributed by atoms with Gasteiger partial charge in [-0.15, -0.1) is 0 Å². The second-order valence-corrected chi connectivity index (χ2v) is 5.24. The van der Waals surface area contributed by atoms with Crippen LogP contribution in [-0.4, -0.2) is 5.11 Å². The van der Waals surface area contributed by atoms with E-state index in [1.54, 1.807) is 0 Å². The summed E-state index contributed by atoms with van der Waals surface area (Å²) in [6, 6.07) is 11.3. The number of benzene rings is 2. The van der Waals surface area contributed by atoms with Crippen LogP contribution in [0.1, 0.15) is 37.1 Å². The molecule has 0 saturated carbocycles. The second-order valence-electron chi connectivity index (χ2n) is 4.83. The lowest BCUT2D eigenvalue weighted by molar-refractivity contribution is 0.435. The van der Waals surface area contributed by atoms with Gasteiger partial charge in [0.05, 0.1) is 0 Å². The molecule has 0 saturated heterocycles. The first-order valence-electron chi connectivity index (χ1n) is 6.48. The Hall–Kier alpha value is -1.58. The highest BCUT2D eigenvalue weighted by atomic mass is 35.5. The van der Waals surface area contributed by atoms with Crippen molar-refractivity contribution in [2.45, 2.75) is 25.9 Å². The Kier molecular flexibility index (Phi) is 4.63. The number of rotatable bonds is 4. The smallest absolute Gasteiger partial charge is 0.123 e. The van der Waals surface area contributed by atoms with E-state index in [4.69, 9.17) is 11.6 Å². The van der Waals surface area contributed by atoms with Gasteiger partial charge in [-0.25, -0.2) is 4.39 Å². The average molecular weight is 294 g/mol. The average Bonchev–Trinajstić information content (AvgIpc) is 2.41. The van der Waals surface area contributed by atoms with Gasteiger partial charge >= 0.3 is 0 Å². The van der Waals surface area contributed by atoms with Crippen LogP contribution in [0.25, 0.3) is 0 Å². The molecule has 0 bridgehead atoms. The first-order chi connectivity index (χ1) is 9.49. The van der Waals surface area contributed by atoms with Crippen LogP contribution in [0.2, 0.25) is 5.02 Å². The van der Waals surface area contributed by atoms with Gasteiger partial charge in [0, 0.05) is 22.7 Å². The molecule has 0 amide bonds. The Morgan fingerprint density at radius 3 is 2.40 bits per heavy atom. The normalized spacial score (nSPS) is 14.0. The highest BCUT2D eigenvalue weighted by Gasteiger charge is 2.16. The van der Waals surface area contributed by atoms with E-state index >= 15 is 0 Å². The van der Waals surface area contributed by atoms with E-state index in [0.717, 1.165) is 5.56 Å². The fourth-order valence-corrected chi connectivity index (χ4v) is 2.55. The van der Waals surface area contributed by atoms with Gasteiger partial charge in [0.15, 0.2) is 0 Å². The molecule has 0 aliphatic rings. The first kappa shape index (κ1) is 14.8. The third kappa shape index (κ3) is 3.30. The predicted octanol–water partition coefficient (Wildman–Crippen LogP) is 4.60. The lowest BCUT2D eigenvalue weighted by Crippen LogP contribution is -2.22. The monoisotopic (exact) mass is 293 g/mol. The van der Waals surface area contributed by atoms with Crippen LogP contribution in [0.4, 0.5) is 4.39 Å². The topological polar surface area (TPSA) is 32.3 Å². The lowest BCUT2D eigenvalue weighted by Gasteiger charge is -2.22. The molecule has 106 valence electrons. The molecule has 2 nitrogen and oxygen atoms in total. The number of halogens is 2. The van der Waals surface area contributed by atoms with Crippen LogP contribution in [0.3, 0.4) is 0 Å². The van der Waals surface area contributed by atoms with Gasteiger partial charge < -0.3 is 10.4 Å². The molecule has 0 aliphatic heterocycles. The van der Waals surface area contributed by atoms with Gasteiger partial charge in [0.2, 0.25) is 0 Å². The second kappa shape index (κ2) is 6.25. The zero-order valence-electron chi connectivity index (χ0n) is 11.4. The lowest BCUT2D eigenvalue weighted by atomic mass is 10.0. The number of aromatic hydroxyl groups is 1. The van der Waals surface area contributed by atoms with Gasteiger partial charge in [-0.05, 0) is 43.7 Å². The van der Waals surface area contributed by atoms with E-state index in [1.807, 2.05) is 38.1 Å². The minimum absolute atomic E-state index is 0.0126. The predicted molar refractivity (Wildman–Crippen MR) is 79.5 cm³/mol. The summed E-state index contributed by atoms with van der Waals surface area (Å²) < 4.78 is 13.3. The molecule has 2 atom stereocenters. The van der Waals surface area contributed by atoms with E-state index in [1.165, 1.54) is 18.2 Å². The molecule has 0 heterocycles. The molecule has 20 heavy (non-hydrogen) atoms. The molecule has 0 aliphatic carbocycles. The number of phenols is 1. The Morgan fingerprint density at radius 2 is 1.70 bits per heavy atom. The van der Waals surface area contributed by atoms with Crippen molar-refractivity contribution >= 4 is 11.6 Å². The molecule has 2 N–H and O–H groups in total. The summed E-state index contributed by atoms with van der Waals surface area (Å²) in [4.78, 5) is 0. The molecular weight excluding hydrogens is 277 g/mol. The number of hydrogen-bond donors (Lipinski definition) is 2. The SMILES string of the molecule is CC(N[C@@H](C)c1ccccc1Cl)c1cc(F)ccc1O. The van der Waals surface area contributed by atoms with Crippen molar-refractivity contribution in [3.8, 4) is 5.75 Å². The van der Waals surface area contributed by atoms with Crippen LogP contribution in [-0.2, 0) is 0 Å². The van der Waals surface area contributed by atoms with Gasteiger partial charge in [0.25, 0.3) is 0 Å². The Balaban J connectivity index is 2.17. The van der Waals surface area contributed by atoms with Crippen LogP contribution < -0.4 is 5.32 Å². The zero-order valence-corrected chi connectivity index (χ0v) is 12.2. The van der Waals surface area contributed by atoms with Gasteiger partial charge in [-0.1, -0.05) is 29.8 Å². The van der Waals surface area contributed by atoms with Crippen molar-refractivity contribution < 1.29 is 9.50 Å². The summed E-state index contributed by atoms with van der Waals surface area (Å²) in [5.74, 6) is -0.283. The summed E-state index contributed by atoms with van der Waals surface area (Å²) >= 11 is 6.16. The van der Waals surface area contributed by atoms with Crippen LogP contribution in [0.5, 0.6) is 5.75 Å². The standard InChI is InChI=1S/C16H17ClFNO/c1-10(13-5-3-4-6-15(13)17)19-11(2)14-9-12(18)7-8-16(14)20/h3-11,19-20H,1-2H3/t10-,11?/m0/s1. The fourth-order valence-electron chi connectivity index (χ4n) is 2.25. The molecule has 4 heteroatoms. The van der Waals surface area contributed by atoms with Crippen molar-refractivity contribution in [2.24, 2.45) is 0 Å². The zero-order chi connectivity index (χ0) is 14.7. The third-order valence-corrected chi connectivity index (χ3v) is 3.67. The largest absolute Gasteiger partial charge is 0.508 e. The van der Waals surface area contributed by atoms with Crippen molar-refractivity contribution in [3.05, 3.63) is 64.4 Å². The first-order valence-corrected chi connectivity index (χ1v) is 6.85. The Morgan fingerprint density at radius 1 is 1.05 bits per heavy atom. The van der Waals surface area contributed by atoms with Gasteiger partial charge in [-0.2, -0.15) is 0 Å². The molecule has 0 aromatic heterocycles. The maximum absolute atomic E-state index is 13.3. The molecule has 0 spiro atoms. The molecular formula is C16H17ClFNO. The highest BCUT2D eigenvalue weighted by Crippen LogP contribution is 2.29. The number of nitrogens with one attached hydrogen (secondary N) is 1. The molecule has 1 unspecified atom stereocenters. The minimum Gasteiger partial charge on any atom is -0.508 e. The van der Waals surface area contributed by atoms with Crippen molar-refractivity contribution in [1.29, 1.82) is 0 Å². The van der Waals surface area contributed by atoms with Crippen molar-refractivity contribution in [2.75, 3.05) is 0 Å². The summed E-state index contributed by atoms with van der Waals surface area (Å²) in [6.07, 6.45) is 0. The van der Waals surface area contributed by atoms with Crippen molar-refractivity contribution in [1.82, 2.24) is 5.32 Å². The van der Waals surface area contributed by atoms with E-state index in [9.17, 15) is 9.50 Å². The number of hydrogen-bond acceptors (Lipinski definition) is 2. The van der Waals surface area contributed by atoms with Crippen LogP contribution >= 0.6 is 11.6 Å². The van der Waals surface area contributed by atoms with Crippen LogP contribution in [0.15, 0.2) is 42.5 Å². The summed E-state index contributed by atoms with van der Waals surface area (Å²) in [7, 11) is 0. The van der Waals surface area contributed by atoms with E-state index in [0.29, 0.717) is 10.6 Å². The van der Waals surface area contributed by atoms with Crippen molar-refractivity contribution in [3.63, 3.8) is 0 Å². The quantitative estimate of drug-likeness (QED) is 0.863. The molecule has 2 aromatic rings. The highest BCUT2D eigenvalue weighted by molar-refractivity contribution is 6.31. The maximum Gasteiger partial charge on any atom is 0.123 e. The Bertz CT molecular complexity index is 603. The van der Waals surface area contributed by atoms with Gasteiger partial charge in [0.1, 0.15) is 11.6 Å². The molecule has 0 radical (unpaired) electrons. The number of phenolic OH excluding ortho intramolecular Hbond substituents is 1. The summed E-state index contributed by atoms with van der Waals surface area (Å²) in [5, 5.41) is 13.8. The molecule has 0 fully saturated rings. The fraction of sp³-hybridized carbons (Fsp3) is 0.250. The van der Waals surface area contributed by atoms with E-state index in [-0.39, 0.29) is 23.7 Å². The summed E-state index contributed by atoms with van der Waals surface area (Å²) in [5.41, 5.74) is 1.50. The molecule has 2 aromatic carbocycles. The Labute approximate surface area is 123 Å². The maximum atomic E-state index is 13.3. The molecule has 2 rings (SSSR count).